The van der Waals surface area contributed by atoms with Crippen molar-refractivity contribution in [1.82, 2.24) is 15.0 Å². The van der Waals surface area contributed by atoms with Crippen molar-refractivity contribution in [1.29, 1.82) is 0 Å². The van der Waals surface area contributed by atoms with Crippen LogP contribution >= 0.6 is 27.5 Å². The van der Waals surface area contributed by atoms with Crippen molar-refractivity contribution in [2.24, 2.45) is 0 Å². The summed E-state index contributed by atoms with van der Waals surface area (Å²) in [4.78, 5) is 11.8. The zero-order chi connectivity index (χ0) is 11.7. The highest BCUT2D eigenvalue weighted by Crippen LogP contribution is 2.27. The lowest BCUT2D eigenvalue weighted by Gasteiger charge is -2.05. The number of nitrogen functional groups attached to an aromatic ring is 1. The highest BCUT2D eigenvalue weighted by Gasteiger charge is 2.09. The summed E-state index contributed by atoms with van der Waals surface area (Å²) in [6, 6.07) is 5.87. The first-order valence-electron chi connectivity index (χ1n) is 4.50. The van der Waals surface area contributed by atoms with Gasteiger partial charge in [0.05, 0.1) is 0 Å². The van der Waals surface area contributed by atoms with Crippen LogP contribution in [0.4, 0.5) is 5.95 Å². The molecule has 1 heterocycles. The highest BCUT2D eigenvalue weighted by molar-refractivity contribution is 9.10. The standard InChI is InChI=1S/C10H8BrClN4/c1-5-2-3-7(11)6(4-5)8-14-9(12)16-10(13)15-8/h2-4H,1H3,(H2,13,14,15,16). The number of hydrogen-bond acceptors (Lipinski definition) is 4. The lowest BCUT2D eigenvalue weighted by Crippen LogP contribution is -2.00. The van der Waals surface area contributed by atoms with E-state index >= 15 is 0 Å². The highest BCUT2D eigenvalue weighted by atomic mass is 79.9. The number of aromatic nitrogens is 3. The molecule has 0 amide bonds. The summed E-state index contributed by atoms with van der Waals surface area (Å²) in [7, 11) is 0. The van der Waals surface area contributed by atoms with Crippen molar-refractivity contribution in [3.8, 4) is 11.4 Å². The number of aryl methyl sites for hydroxylation is 1. The van der Waals surface area contributed by atoms with E-state index in [-0.39, 0.29) is 11.2 Å². The van der Waals surface area contributed by atoms with E-state index in [9.17, 15) is 0 Å². The molecule has 82 valence electrons. The Labute approximate surface area is 106 Å². The molecule has 4 nitrogen and oxygen atoms in total. The fraction of sp³-hybridized carbons (Fsp3) is 0.100. The number of rotatable bonds is 1. The SMILES string of the molecule is Cc1ccc(Br)c(-c2nc(N)nc(Cl)n2)c1. The molecule has 6 heteroatoms. The first kappa shape index (κ1) is 11.3. The van der Waals surface area contributed by atoms with Gasteiger partial charge in [-0.1, -0.05) is 27.6 Å². The molecule has 0 saturated heterocycles. The smallest absolute Gasteiger partial charge is 0.227 e. The molecule has 2 N–H and O–H groups in total. The largest absolute Gasteiger partial charge is 0.368 e. The monoisotopic (exact) mass is 298 g/mol. The molecule has 16 heavy (non-hydrogen) atoms. The molecule has 2 aromatic rings. The van der Waals surface area contributed by atoms with Crippen molar-refractivity contribution < 1.29 is 0 Å². The molecule has 0 bridgehead atoms. The van der Waals surface area contributed by atoms with Gasteiger partial charge in [0.1, 0.15) is 0 Å². The molecule has 1 aromatic heterocycles. The summed E-state index contributed by atoms with van der Waals surface area (Å²) in [5.74, 6) is 0.580. The topological polar surface area (TPSA) is 64.7 Å². The van der Waals surface area contributed by atoms with E-state index in [4.69, 9.17) is 17.3 Å². The van der Waals surface area contributed by atoms with Gasteiger partial charge in [0.15, 0.2) is 5.82 Å². The van der Waals surface area contributed by atoms with Crippen LogP contribution in [-0.2, 0) is 0 Å². The van der Waals surface area contributed by atoms with Crippen molar-refractivity contribution in [3.05, 3.63) is 33.5 Å². The van der Waals surface area contributed by atoms with Crippen molar-refractivity contribution in [2.45, 2.75) is 6.92 Å². The Kier molecular flexibility index (Phi) is 3.07. The second-order valence-electron chi connectivity index (χ2n) is 3.27. The molecule has 1 aromatic carbocycles. The van der Waals surface area contributed by atoms with Gasteiger partial charge in [-0.2, -0.15) is 15.0 Å². The molecular weight excluding hydrogens is 291 g/mol. The number of anilines is 1. The first-order valence-corrected chi connectivity index (χ1v) is 5.67. The molecule has 0 atom stereocenters. The third-order valence-corrected chi connectivity index (χ3v) is 2.85. The van der Waals surface area contributed by atoms with E-state index in [1.54, 1.807) is 0 Å². The van der Waals surface area contributed by atoms with Crippen molar-refractivity contribution in [3.63, 3.8) is 0 Å². The predicted molar refractivity (Wildman–Crippen MR) is 67.1 cm³/mol. The number of hydrogen-bond donors (Lipinski definition) is 1. The Hall–Kier alpha value is -1.20. The summed E-state index contributed by atoms with van der Waals surface area (Å²) >= 11 is 9.17. The second-order valence-corrected chi connectivity index (χ2v) is 4.46. The van der Waals surface area contributed by atoms with E-state index in [0.717, 1.165) is 15.6 Å². The molecule has 0 fully saturated rings. The van der Waals surface area contributed by atoms with Gasteiger partial charge in [-0.15, -0.1) is 0 Å². The molecular formula is C10H8BrClN4. The van der Waals surface area contributed by atoms with E-state index in [1.165, 1.54) is 0 Å². The minimum absolute atomic E-state index is 0.0934. The van der Waals surface area contributed by atoms with E-state index < -0.39 is 0 Å². The molecule has 0 aliphatic heterocycles. The van der Waals surface area contributed by atoms with Gasteiger partial charge in [-0.05, 0) is 30.7 Å². The molecule has 0 saturated carbocycles. The summed E-state index contributed by atoms with van der Waals surface area (Å²) in [5.41, 5.74) is 7.47. The van der Waals surface area contributed by atoms with Gasteiger partial charge in [0.25, 0.3) is 0 Å². The van der Waals surface area contributed by atoms with E-state index in [2.05, 4.69) is 30.9 Å². The number of nitrogens with two attached hydrogens (primary N) is 1. The fourth-order valence-corrected chi connectivity index (χ4v) is 1.89. The predicted octanol–water partition coefficient (Wildman–Crippen LogP) is 2.85. The molecule has 2 rings (SSSR count). The summed E-state index contributed by atoms with van der Waals surface area (Å²) in [6.07, 6.45) is 0. The lowest BCUT2D eigenvalue weighted by molar-refractivity contribution is 1.07. The quantitative estimate of drug-likeness (QED) is 0.879. The molecule has 0 unspecified atom stereocenters. The average molecular weight is 300 g/mol. The van der Waals surface area contributed by atoms with Gasteiger partial charge in [0, 0.05) is 10.0 Å². The van der Waals surface area contributed by atoms with Crippen LogP contribution in [0.2, 0.25) is 5.28 Å². The average Bonchev–Trinajstić information content (AvgIpc) is 2.20. The van der Waals surface area contributed by atoms with Gasteiger partial charge < -0.3 is 5.73 Å². The Morgan fingerprint density at radius 1 is 1.25 bits per heavy atom. The maximum Gasteiger partial charge on any atom is 0.227 e. The molecule has 0 radical (unpaired) electrons. The van der Waals surface area contributed by atoms with Crippen molar-refractivity contribution >= 4 is 33.5 Å². The normalized spacial score (nSPS) is 10.4. The maximum absolute atomic E-state index is 5.73. The number of nitrogens with zero attached hydrogens (tertiary/aromatic N) is 3. The Bertz CT molecular complexity index is 524. The summed E-state index contributed by atoms with van der Waals surface area (Å²) in [6.45, 7) is 1.99. The Balaban J connectivity index is 2.62. The third kappa shape index (κ3) is 2.31. The minimum atomic E-state index is 0.0934. The molecule has 0 aliphatic carbocycles. The van der Waals surface area contributed by atoms with E-state index in [1.807, 2.05) is 25.1 Å². The molecule has 0 aliphatic rings. The zero-order valence-electron chi connectivity index (χ0n) is 8.41. The van der Waals surface area contributed by atoms with Crippen LogP contribution in [0.25, 0.3) is 11.4 Å². The molecule has 0 spiro atoms. The van der Waals surface area contributed by atoms with Crippen LogP contribution in [0.5, 0.6) is 0 Å². The third-order valence-electron chi connectivity index (χ3n) is 1.99. The van der Waals surface area contributed by atoms with Gasteiger partial charge in [-0.3, -0.25) is 0 Å². The first-order chi connectivity index (χ1) is 7.56. The summed E-state index contributed by atoms with van der Waals surface area (Å²) in [5, 5.41) is 0.0934. The van der Waals surface area contributed by atoms with Crippen LogP contribution in [-0.4, -0.2) is 15.0 Å². The Morgan fingerprint density at radius 2 is 2.00 bits per heavy atom. The van der Waals surface area contributed by atoms with Gasteiger partial charge in [-0.25, -0.2) is 0 Å². The lowest BCUT2D eigenvalue weighted by atomic mass is 10.1. The zero-order valence-corrected chi connectivity index (χ0v) is 10.7. The number of halogens is 2. The van der Waals surface area contributed by atoms with Crippen LogP contribution in [0, 0.1) is 6.92 Å². The Morgan fingerprint density at radius 3 is 2.69 bits per heavy atom. The van der Waals surface area contributed by atoms with Crippen LogP contribution in [0.1, 0.15) is 5.56 Å². The summed E-state index contributed by atoms with van der Waals surface area (Å²) < 4.78 is 0.889. The maximum atomic E-state index is 5.73. The van der Waals surface area contributed by atoms with Crippen LogP contribution in [0.3, 0.4) is 0 Å². The van der Waals surface area contributed by atoms with Crippen LogP contribution in [0.15, 0.2) is 22.7 Å². The van der Waals surface area contributed by atoms with Crippen molar-refractivity contribution in [2.75, 3.05) is 5.73 Å². The van der Waals surface area contributed by atoms with E-state index in [0.29, 0.717) is 5.82 Å². The fourth-order valence-electron chi connectivity index (χ4n) is 1.30. The minimum Gasteiger partial charge on any atom is -0.368 e. The van der Waals surface area contributed by atoms with Gasteiger partial charge >= 0.3 is 0 Å². The second kappa shape index (κ2) is 4.35. The van der Waals surface area contributed by atoms with Crippen LogP contribution < -0.4 is 5.73 Å². The number of benzene rings is 1. The van der Waals surface area contributed by atoms with Gasteiger partial charge in [0.2, 0.25) is 11.2 Å².